The fourth-order valence-electron chi connectivity index (χ4n) is 4.80. The van der Waals surface area contributed by atoms with Crippen LogP contribution in [0.5, 0.6) is 5.75 Å². The quantitative estimate of drug-likeness (QED) is 0.0668. The van der Waals surface area contributed by atoms with Gasteiger partial charge in [0, 0.05) is 24.7 Å². The summed E-state index contributed by atoms with van der Waals surface area (Å²) in [7, 11) is 0. The molecule has 55 heavy (non-hydrogen) atoms. The number of ether oxygens (including phenoxy) is 9. The molecule has 1 aromatic carbocycles. The van der Waals surface area contributed by atoms with Crippen molar-refractivity contribution < 1.29 is 65.7 Å². The van der Waals surface area contributed by atoms with Gasteiger partial charge in [-0.15, -0.1) is 5.10 Å². The number of hydrogen-bond acceptors (Lipinski definition) is 14. The van der Waals surface area contributed by atoms with Gasteiger partial charge in [-0.05, 0) is 19.4 Å². The predicted molar refractivity (Wildman–Crippen MR) is 196 cm³/mol. The Kier molecular flexibility index (Phi) is 31.5. The number of esters is 1. The second-order valence-corrected chi connectivity index (χ2v) is 11.2. The molecule has 0 amide bonds. The van der Waals surface area contributed by atoms with Crippen LogP contribution in [0.1, 0.15) is 52.7 Å². The molecule has 1 saturated heterocycles. The number of halogens is 3. The molecule has 1 fully saturated rings. The smallest absolute Gasteiger partial charge is 0.313 e. The number of benzene rings is 1. The van der Waals surface area contributed by atoms with E-state index in [9.17, 15) is 23.1 Å². The molecule has 0 radical (unpaired) electrons. The van der Waals surface area contributed by atoms with E-state index in [0.717, 1.165) is 25.9 Å². The van der Waals surface area contributed by atoms with E-state index >= 15 is 0 Å². The summed E-state index contributed by atoms with van der Waals surface area (Å²) in [6.45, 7) is 16.8. The Labute approximate surface area is 323 Å². The fraction of sp³-hybridized carbons (Fsp3) is 0.757. The lowest BCUT2D eigenvalue weighted by Crippen LogP contribution is -2.35. The Morgan fingerprint density at radius 2 is 1.18 bits per heavy atom. The van der Waals surface area contributed by atoms with Gasteiger partial charge in [-0.1, -0.05) is 32.9 Å². The Bertz CT molecular complexity index is 1200. The Morgan fingerprint density at radius 1 is 0.709 bits per heavy atom. The van der Waals surface area contributed by atoms with Crippen molar-refractivity contribution in [3.8, 4) is 5.75 Å². The maximum Gasteiger partial charge on any atom is 0.313 e. The average Bonchev–Trinajstić information content (AvgIpc) is 3.85. The highest BCUT2D eigenvalue weighted by Gasteiger charge is 2.22. The van der Waals surface area contributed by atoms with Crippen LogP contribution in [0, 0.1) is 17.5 Å². The van der Waals surface area contributed by atoms with Crippen LogP contribution in [0.3, 0.4) is 0 Å². The fourth-order valence-corrected chi connectivity index (χ4v) is 4.80. The van der Waals surface area contributed by atoms with Crippen LogP contribution in [0.15, 0.2) is 18.3 Å². The minimum Gasteiger partial charge on any atom is -0.420 e. The minimum absolute atomic E-state index is 0.0389. The van der Waals surface area contributed by atoms with Gasteiger partial charge in [0.25, 0.3) is 0 Å². The van der Waals surface area contributed by atoms with Crippen molar-refractivity contribution in [1.29, 1.82) is 0 Å². The van der Waals surface area contributed by atoms with E-state index in [0.29, 0.717) is 110 Å². The largest absolute Gasteiger partial charge is 0.420 e. The monoisotopic (exact) mass is 796 g/mol. The second kappa shape index (κ2) is 34.5. The van der Waals surface area contributed by atoms with Gasteiger partial charge >= 0.3 is 5.97 Å². The maximum absolute atomic E-state index is 13.5. The number of carbonyl (C=O) groups is 1. The minimum atomic E-state index is -1.30. The third-order valence-electron chi connectivity index (χ3n) is 7.39. The third-order valence-corrected chi connectivity index (χ3v) is 7.39. The van der Waals surface area contributed by atoms with E-state index < -0.39 is 29.2 Å². The van der Waals surface area contributed by atoms with E-state index in [2.05, 4.69) is 19.9 Å². The Hall–Kier alpha value is -2.78. The van der Waals surface area contributed by atoms with Gasteiger partial charge in [0.1, 0.15) is 11.5 Å². The Morgan fingerprint density at radius 3 is 1.71 bits per heavy atom. The zero-order valence-corrected chi connectivity index (χ0v) is 33.0. The van der Waals surface area contributed by atoms with Crippen molar-refractivity contribution in [2.75, 3.05) is 119 Å². The van der Waals surface area contributed by atoms with Gasteiger partial charge in [0.15, 0.2) is 11.6 Å². The molecular formula is C37H63F3N4O11. The van der Waals surface area contributed by atoms with Crippen LogP contribution in [0.4, 0.5) is 13.2 Å². The number of aromatic nitrogens is 3. The lowest BCUT2D eigenvalue weighted by Gasteiger charge is -2.22. The first-order valence-corrected chi connectivity index (χ1v) is 19.2. The first kappa shape index (κ1) is 50.2. The third kappa shape index (κ3) is 24.5. The molecule has 1 aromatic heterocycles. The molecule has 1 aliphatic rings. The summed E-state index contributed by atoms with van der Waals surface area (Å²) in [6, 6.07) is 1.13. The number of hydrogen-bond donors (Lipinski definition) is 1. The molecule has 318 valence electrons. The molecule has 18 heteroatoms. The summed E-state index contributed by atoms with van der Waals surface area (Å²) in [5, 5.41) is 17.5. The van der Waals surface area contributed by atoms with Crippen molar-refractivity contribution in [3.63, 3.8) is 0 Å². The molecule has 1 N–H and O–H groups in total. The van der Waals surface area contributed by atoms with Crippen LogP contribution in [-0.4, -0.2) is 156 Å². The maximum atomic E-state index is 13.5. The van der Waals surface area contributed by atoms with E-state index in [1.165, 1.54) is 0 Å². The number of carbonyl (C=O) groups excluding carboxylic acids is 1. The molecule has 0 unspecified atom stereocenters. The highest BCUT2D eigenvalue weighted by Crippen LogP contribution is 2.23. The van der Waals surface area contributed by atoms with Gasteiger partial charge in [-0.25, -0.2) is 17.9 Å². The SMILES string of the molecule is CC.CC.O=C(CCOCCOCCOCCOCCn1cc(COCCOCCOCCOCCN2CCC[C@H]2CO)nn1)Oc1c(F)cc(F)cc1F. The number of aliphatic hydroxyl groups is 1. The average molecular weight is 797 g/mol. The molecule has 0 spiro atoms. The predicted octanol–water partition coefficient (Wildman–Crippen LogP) is 3.83. The first-order chi connectivity index (χ1) is 27.0. The van der Waals surface area contributed by atoms with Gasteiger partial charge in [-0.3, -0.25) is 9.69 Å². The molecule has 1 aliphatic heterocycles. The standard InChI is InChI=1S/C33H51F3N4O11.2C2H6/c34-27-22-30(35)33(31(36)23-27)51-32(42)3-7-43-10-13-46-16-17-48-15-12-45-9-6-40-24-28(37-38-40)26-50-21-20-49-19-18-47-14-11-44-8-5-39-4-1-2-29(39)25-41;2*1-2/h22-24,29,41H,1-21,25-26H2;2*1-2H3/t29-;;/m0../s1. The number of aliphatic hydroxyl groups excluding tert-OH is 1. The summed E-state index contributed by atoms with van der Waals surface area (Å²) in [5.74, 6) is -5.57. The van der Waals surface area contributed by atoms with Crippen LogP contribution < -0.4 is 4.74 Å². The number of nitrogens with zero attached hydrogens (tertiary/aromatic N) is 4. The van der Waals surface area contributed by atoms with E-state index in [-0.39, 0.29) is 38.9 Å². The normalized spacial score (nSPS) is 14.0. The van der Waals surface area contributed by atoms with Crippen molar-refractivity contribution in [2.45, 2.75) is 66.2 Å². The van der Waals surface area contributed by atoms with Gasteiger partial charge in [0.05, 0.1) is 131 Å². The summed E-state index contributed by atoms with van der Waals surface area (Å²) in [4.78, 5) is 14.0. The molecule has 2 heterocycles. The topological polar surface area (TPSA) is 154 Å². The number of rotatable bonds is 31. The van der Waals surface area contributed by atoms with E-state index in [1.54, 1.807) is 10.9 Å². The highest BCUT2D eigenvalue weighted by molar-refractivity contribution is 5.72. The zero-order chi connectivity index (χ0) is 40.4. The van der Waals surface area contributed by atoms with Crippen LogP contribution in [0.2, 0.25) is 0 Å². The van der Waals surface area contributed by atoms with Crippen molar-refractivity contribution in [2.24, 2.45) is 0 Å². The molecule has 15 nitrogen and oxygen atoms in total. The van der Waals surface area contributed by atoms with Gasteiger partial charge in [-0.2, -0.15) is 0 Å². The molecule has 2 aromatic rings. The second-order valence-electron chi connectivity index (χ2n) is 11.2. The van der Waals surface area contributed by atoms with E-state index in [1.807, 2.05) is 27.7 Å². The molecule has 0 saturated carbocycles. The molecule has 3 rings (SSSR count). The van der Waals surface area contributed by atoms with Gasteiger partial charge < -0.3 is 47.7 Å². The van der Waals surface area contributed by atoms with Crippen LogP contribution >= 0.6 is 0 Å². The highest BCUT2D eigenvalue weighted by atomic mass is 19.1. The van der Waals surface area contributed by atoms with Crippen LogP contribution in [0.25, 0.3) is 0 Å². The van der Waals surface area contributed by atoms with E-state index in [4.69, 9.17) is 37.9 Å². The summed E-state index contributed by atoms with van der Waals surface area (Å²) in [5.41, 5.74) is 0.710. The lowest BCUT2D eigenvalue weighted by molar-refractivity contribution is -0.136. The van der Waals surface area contributed by atoms with Crippen molar-refractivity contribution in [3.05, 3.63) is 41.5 Å². The van der Waals surface area contributed by atoms with Crippen molar-refractivity contribution >= 4 is 5.97 Å². The molecule has 1 atom stereocenters. The molecular weight excluding hydrogens is 733 g/mol. The van der Waals surface area contributed by atoms with Gasteiger partial charge in [0.2, 0.25) is 5.75 Å². The zero-order valence-electron chi connectivity index (χ0n) is 33.0. The Balaban J connectivity index is 0.00000365. The summed E-state index contributed by atoms with van der Waals surface area (Å²) < 4.78 is 90.0. The lowest BCUT2D eigenvalue weighted by atomic mass is 10.2. The van der Waals surface area contributed by atoms with Crippen LogP contribution in [-0.2, 0) is 55.8 Å². The first-order valence-electron chi connectivity index (χ1n) is 19.2. The summed E-state index contributed by atoms with van der Waals surface area (Å²) >= 11 is 0. The molecule has 0 bridgehead atoms. The number of likely N-dealkylation sites (tertiary alicyclic amines) is 1. The van der Waals surface area contributed by atoms with Crippen molar-refractivity contribution in [1.82, 2.24) is 19.9 Å². The summed E-state index contributed by atoms with van der Waals surface area (Å²) in [6.07, 6.45) is 3.75. The molecule has 0 aliphatic carbocycles.